The van der Waals surface area contributed by atoms with Gasteiger partial charge in [-0.05, 0) is 38.0 Å². The molecule has 0 aromatic heterocycles. The zero-order valence-corrected chi connectivity index (χ0v) is 9.09. The summed E-state index contributed by atoms with van der Waals surface area (Å²) < 4.78 is 0. The molecule has 0 aliphatic carbocycles. The van der Waals surface area contributed by atoms with Crippen molar-refractivity contribution in [3.8, 4) is 0 Å². The van der Waals surface area contributed by atoms with Crippen LogP contribution < -0.4 is 10.6 Å². The standard InChI is InChI=1S/C12H18N2/c1-8(2)14-11-6-9(3)4-5-10(11)12-7-13-12/h4-6,8,12-14H,7H2,1-3H3/t12-/m1/s1. The van der Waals surface area contributed by atoms with Crippen LogP contribution in [0, 0.1) is 6.92 Å². The Bertz CT molecular complexity index is 327. The van der Waals surface area contributed by atoms with E-state index in [0.29, 0.717) is 12.1 Å². The van der Waals surface area contributed by atoms with Crippen molar-refractivity contribution in [2.24, 2.45) is 0 Å². The Kier molecular flexibility index (Phi) is 2.46. The zero-order valence-electron chi connectivity index (χ0n) is 9.09. The maximum atomic E-state index is 3.50. The second-order valence-corrected chi connectivity index (χ2v) is 4.35. The molecule has 14 heavy (non-hydrogen) atoms. The number of aryl methyl sites for hydroxylation is 1. The average Bonchev–Trinajstić information content (AvgIpc) is 2.86. The van der Waals surface area contributed by atoms with Crippen molar-refractivity contribution >= 4 is 5.69 Å². The molecule has 0 unspecified atom stereocenters. The lowest BCUT2D eigenvalue weighted by Crippen LogP contribution is -2.11. The molecule has 1 saturated heterocycles. The molecule has 0 radical (unpaired) electrons. The molecular formula is C12H18N2. The van der Waals surface area contributed by atoms with Gasteiger partial charge < -0.3 is 10.6 Å². The molecule has 0 saturated carbocycles. The molecule has 1 fully saturated rings. The summed E-state index contributed by atoms with van der Waals surface area (Å²) in [6.07, 6.45) is 0. The Labute approximate surface area is 85.7 Å². The fourth-order valence-electron chi connectivity index (χ4n) is 1.69. The monoisotopic (exact) mass is 190 g/mol. The van der Waals surface area contributed by atoms with Crippen molar-refractivity contribution in [3.63, 3.8) is 0 Å². The fraction of sp³-hybridized carbons (Fsp3) is 0.500. The van der Waals surface area contributed by atoms with Crippen LogP contribution in [0.1, 0.15) is 31.0 Å². The van der Waals surface area contributed by atoms with Crippen molar-refractivity contribution in [2.45, 2.75) is 32.9 Å². The largest absolute Gasteiger partial charge is 0.383 e. The van der Waals surface area contributed by atoms with Gasteiger partial charge in [-0.3, -0.25) is 0 Å². The first-order valence-electron chi connectivity index (χ1n) is 5.27. The average molecular weight is 190 g/mol. The SMILES string of the molecule is Cc1ccc([C@H]2CN2)c(NC(C)C)c1. The van der Waals surface area contributed by atoms with Crippen LogP contribution in [0.15, 0.2) is 18.2 Å². The van der Waals surface area contributed by atoms with Gasteiger partial charge in [-0.25, -0.2) is 0 Å². The van der Waals surface area contributed by atoms with E-state index >= 15 is 0 Å². The summed E-state index contributed by atoms with van der Waals surface area (Å²) in [5.74, 6) is 0. The van der Waals surface area contributed by atoms with Crippen LogP contribution in [-0.4, -0.2) is 12.6 Å². The Morgan fingerprint density at radius 3 is 2.71 bits per heavy atom. The molecular weight excluding hydrogens is 172 g/mol. The van der Waals surface area contributed by atoms with Crippen LogP contribution in [0.2, 0.25) is 0 Å². The number of rotatable bonds is 3. The third-order valence-corrected chi connectivity index (χ3v) is 2.44. The van der Waals surface area contributed by atoms with Gasteiger partial charge in [0.15, 0.2) is 0 Å². The zero-order chi connectivity index (χ0) is 10.1. The highest BCUT2D eigenvalue weighted by Gasteiger charge is 2.24. The topological polar surface area (TPSA) is 34.0 Å². The predicted octanol–water partition coefficient (Wildman–Crippen LogP) is 2.46. The molecule has 0 amide bonds. The Balaban J connectivity index is 2.28. The van der Waals surface area contributed by atoms with Crippen molar-refractivity contribution in [2.75, 3.05) is 11.9 Å². The van der Waals surface area contributed by atoms with E-state index in [1.807, 2.05) is 0 Å². The number of benzene rings is 1. The maximum Gasteiger partial charge on any atom is 0.0468 e. The van der Waals surface area contributed by atoms with E-state index in [4.69, 9.17) is 0 Å². The minimum Gasteiger partial charge on any atom is -0.383 e. The third-order valence-electron chi connectivity index (χ3n) is 2.44. The molecule has 1 aliphatic rings. The lowest BCUT2D eigenvalue weighted by molar-refractivity contribution is 0.891. The summed E-state index contributed by atoms with van der Waals surface area (Å²) in [5.41, 5.74) is 4.01. The number of hydrogen-bond acceptors (Lipinski definition) is 2. The Morgan fingerprint density at radius 2 is 2.14 bits per heavy atom. The highest BCUT2D eigenvalue weighted by atomic mass is 15.1. The van der Waals surface area contributed by atoms with Crippen molar-refractivity contribution in [3.05, 3.63) is 29.3 Å². The normalized spacial score (nSPS) is 19.9. The van der Waals surface area contributed by atoms with Crippen LogP contribution in [0.5, 0.6) is 0 Å². The van der Waals surface area contributed by atoms with Gasteiger partial charge in [0, 0.05) is 24.3 Å². The summed E-state index contributed by atoms with van der Waals surface area (Å²) in [6.45, 7) is 7.60. The van der Waals surface area contributed by atoms with Crippen LogP contribution in [0.4, 0.5) is 5.69 Å². The summed E-state index contributed by atoms with van der Waals surface area (Å²) in [6, 6.07) is 7.71. The smallest absolute Gasteiger partial charge is 0.0468 e. The van der Waals surface area contributed by atoms with Crippen molar-refractivity contribution in [1.82, 2.24) is 5.32 Å². The van der Waals surface area contributed by atoms with Gasteiger partial charge in [-0.1, -0.05) is 12.1 Å². The van der Waals surface area contributed by atoms with E-state index in [0.717, 1.165) is 6.54 Å². The first kappa shape index (κ1) is 9.53. The van der Waals surface area contributed by atoms with E-state index in [9.17, 15) is 0 Å². The Morgan fingerprint density at radius 1 is 1.43 bits per heavy atom. The quantitative estimate of drug-likeness (QED) is 0.718. The van der Waals surface area contributed by atoms with E-state index in [1.165, 1.54) is 16.8 Å². The van der Waals surface area contributed by atoms with Crippen molar-refractivity contribution < 1.29 is 0 Å². The van der Waals surface area contributed by atoms with Gasteiger partial charge >= 0.3 is 0 Å². The number of hydrogen-bond donors (Lipinski definition) is 2. The third kappa shape index (κ3) is 2.07. The maximum absolute atomic E-state index is 3.50. The lowest BCUT2D eigenvalue weighted by Gasteiger charge is -2.14. The molecule has 2 rings (SSSR count). The molecule has 2 heteroatoms. The van der Waals surface area contributed by atoms with Gasteiger partial charge in [0.2, 0.25) is 0 Å². The highest BCUT2D eigenvalue weighted by Crippen LogP contribution is 2.29. The first-order valence-corrected chi connectivity index (χ1v) is 5.27. The Hall–Kier alpha value is -1.02. The predicted molar refractivity (Wildman–Crippen MR) is 60.7 cm³/mol. The summed E-state index contributed by atoms with van der Waals surface area (Å²) in [7, 11) is 0. The van der Waals surface area contributed by atoms with Gasteiger partial charge in [0.25, 0.3) is 0 Å². The molecule has 0 spiro atoms. The van der Waals surface area contributed by atoms with Gasteiger partial charge in [-0.15, -0.1) is 0 Å². The molecule has 1 aromatic carbocycles. The minimum atomic E-state index is 0.495. The van der Waals surface area contributed by atoms with Crippen LogP contribution in [-0.2, 0) is 0 Å². The van der Waals surface area contributed by atoms with Crippen LogP contribution in [0.25, 0.3) is 0 Å². The van der Waals surface area contributed by atoms with E-state index in [2.05, 4.69) is 49.6 Å². The molecule has 76 valence electrons. The molecule has 2 nitrogen and oxygen atoms in total. The lowest BCUT2D eigenvalue weighted by atomic mass is 10.1. The molecule has 1 aromatic rings. The van der Waals surface area contributed by atoms with E-state index < -0.39 is 0 Å². The number of anilines is 1. The van der Waals surface area contributed by atoms with Gasteiger partial charge in [0.05, 0.1) is 0 Å². The van der Waals surface area contributed by atoms with Crippen LogP contribution in [0.3, 0.4) is 0 Å². The van der Waals surface area contributed by atoms with E-state index in [-0.39, 0.29) is 0 Å². The van der Waals surface area contributed by atoms with E-state index in [1.54, 1.807) is 0 Å². The summed E-state index contributed by atoms with van der Waals surface area (Å²) in [4.78, 5) is 0. The second kappa shape index (κ2) is 3.62. The minimum absolute atomic E-state index is 0.495. The van der Waals surface area contributed by atoms with Crippen molar-refractivity contribution in [1.29, 1.82) is 0 Å². The van der Waals surface area contributed by atoms with Crippen LogP contribution >= 0.6 is 0 Å². The highest BCUT2D eigenvalue weighted by molar-refractivity contribution is 5.56. The number of nitrogens with one attached hydrogen (secondary N) is 2. The molecule has 1 atom stereocenters. The summed E-state index contributed by atoms with van der Waals surface area (Å²) >= 11 is 0. The molecule has 1 aliphatic heterocycles. The first-order chi connectivity index (χ1) is 6.66. The fourth-order valence-corrected chi connectivity index (χ4v) is 1.69. The molecule has 1 heterocycles. The van der Waals surface area contributed by atoms with Gasteiger partial charge in [0.1, 0.15) is 0 Å². The molecule has 0 bridgehead atoms. The second-order valence-electron chi connectivity index (χ2n) is 4.35. The van der Waals surface area contributed by atoms with Gasteiger partial charge in [-0.2, -0.15) is 0 Å². The summed E-state index contributed by atoms with van der Waals surface area (Å²) in [5, 5.41) is 6.84. The molecule has 2 N–H and O–H groups in total.